The van der Waals surface area contributed by atoms with Gasteiger partial charge in [-0.05, 0) is 37.5 Å². The number of hydrogen-bond acceptors (Lipinski definition) is 3. The topological polar surface area (TPSA) is 46.5 Å². The molecule has 0 unspecified atom stereocenters. The SMILES string of the molecule is CC(=O)Cc1ccc(OCCCCCCCCCCCO)cc1. The first-order valence-electron chi connectivity index (χ1n) is 9.04. The van der Waals surface area contributed by atoms with Crippen molar-refractivity contribution < 1.29 is 14.6 Å². The van der Waals surface area contributed by atoms with E-state index in [1.807, 2.05) is 24.3 Å². The molecule has 3 nitrogen and oxygen atoms in total. The van der Waals surface area contributed by atoms with Crippen molar-refractivity contribution in [2.75, 3.05) is 13.2 Å². The molecule has 0 atom stereocenters. The number of ketones is 1. The zero-order valence-electron chi connectivity index (χ0n) is 14.6. The van der Waals surface area contributed by atoms with E-state index >= 15 is 0 Å². The third kappa shape index (κ3) is 10.9. The normalized spacial score (nSPS) is 10.7. The molecule has 1 aromatic rings. The Balaban J connectivity index is 1.95. The van der Waals surface area contributed by atoms with Gasteiger partial charge in [-0.1, -0.05) is 57.1 Å². The van der Waals surface area contributed by atoms with E-state index < -0.39 is 0 Å². The monoisotopic (exact) mass is 320 g/mol. The molecule has 0 saturated heterocycles. The summed E-state index contributed by atoms with van der Waals surface area (Å²) in [6.07, 6.45) is 11.4. The molecule has 0 spiro atoms. The fourth-order valence-corrected chi connectivity index (χ4v) is 2.63. The molecule has 1 aromatic carbocycles. The van der Waals surface area contributed by atoms with Gasteiger partial charge < -0.3 is 9.84 Å². The van der Waals surface area contributed by atoms with Crippen LogP contribution in [0.25, 0.3) is 0 Å². The molecule has 0 saturated carbocycles. The number of unbranched alkanes of at least 4 members (excludes halogenated alkanes) is 8. The first-order chi connectivity index (χ1) is 11.2. The van der Waals surface area contributed by atoms with Crippen LogP contribution in [0.1, 0.15) is 70.3 Å². The van der Waals surface area contributed by atoms with Gasteiger partial charge in [0.15, 0.2) is 0 Å². The highest BCUT2D eigenvalue weighted by atomic mass is 16.5. The lowest BCUT2D eigenvalue weighted by Crippen LogP contribution is -1.99. The standard InChI is InChI=1S/C20H32O3/c1-18(22)17-19-11-13-20(14-12-19)23-16-10-8-6-4-2-3-5-7-9-15-21/h11-14,21H,2-10,15-17H2,1H3. The molecule has 0 radical (unpaired) electrons. The number of benzene rings is 1. The second-order valence-electron chi connectivity index (χ2n) is 6.28. The van der Waals surface area contributed by atoms with Gasteiger partial charge >= 0.3 is 0 Å². The van der Waals surface area contributed by atoms with Gasteiger partial charge in [0.25, 0.3) is 0 Å². The van der Waals surface area contributed by atoms with E-state index in [1.54, 1.807) is 6.92 Å². The molecule has 0 amide bonds. The van der Waals surface area contributed by atoms with Gasteiger partial charge in [0, 0.05) is 13.0 Å². The number of Topliss-reactive ketones (excluding diaryl/α,β-unsaturated/α-hetero) is 1. The predicted molar refractivity (Wildman–Crippen MR) is 95.0 cm³/mol. The fraction of sp³-hybridized carbons (Fsp3) is 0.650. The van der Waals surface area contributed by atoms with Crippen molar-refractivity contribution in [2.24, 2.45) is 0 Å². The van der Waals surface area contributed by atoms with Crippen molar-refractivity contribution >= 4 is 5.78 Å². The average Bonchev–Trinajstić information content (AvgIpc) is 2.53. The Bertz CT molecular complexity index is 411. The van der Waals surface area contributed by atoms with E-state index in [4.69, 9.17) is 9.84 Å². The van der Waals surface area contributed by atoms with Crippen molar-refractivity contribution in [1.82, 2.24) is 0 Å². The van der Waals surface area contributed by atoms with Crippen LogP contribution in [0.15, 0.2) is 24.3 Å². The summed E-state index contributed by atoms with van der Waals surface area (Å²) < 4.78 is 5.73. The molecule has 0 heterocycles. The van der Waals surface area contributed by atoms with Crippen LogP contribution in [0.3, 0.4) is 0 Å². The summed E-state index contributed by atoms with van der Waals surface area (Å²) in [5.41, 5.74) is 1.05. The number of carbonyl (C=O) groups excluding carboxylic acids is 1. The van der Waals surface area contributed by atoms with Crippen molar-refractivity contribution in [1.29, 1.82) is 0 Å². The van der Waals surface area contributed by atoms with Crippen LogP contribution in [-0.4, -0.2) is 24.1 Å². The molecule has 1 rings (SSSR count). The first kappa shape index (κ1) is 19.7. The molecule has 23 heavy (non-hydrogen) atoms. The maximum Gasteiger partial charge on any atom is 0.134 e. The van der Waals surface area contributed by atoms with Gasteiger partial charge in [-0.15, -0.1) is 0 Å². The fourth-order valence-electron chi connectivity index (χ4n) is 2.63. The van der Waals surface area contributed by atoms with Gasteiger partial charge in [-0.3, -0.25) is 4.79 Å². The lowest BCUT2D eigenvalue weighted by molar-refractivity contribution is -0.116. The van der Waals surface area contributed by atoms with E-state index in [-0.39, 0.29) is 5.78 Å². The molecule has 3 heteroatoms. The Morgan fingerprint density at radius 2 is 1.39 bits per heavy atom. The molecule has 1 N–H and O–H groups in total. The van der Waals surface area contributed by atoms with Crippen molar-refractivity contribution in [3.63, 3.8) is 0 Å². The average molecular weight is 320 g/mol. The van der Waals surface area contributed by atoms with Crippen LogP contribution >= 0.6 is 0 Å². The Kier molecular flexibility index (Phi) is 11.2. The summed E-state index contributed by atoms with van der Waals surface area (Å²) >= 11 is 0. The third-order valence-electron chi connectivity index (χ3n) is 3.95. The van der Waals surface area contributed by atoms with E-state index in [9.17, 15) is 4.79 Å². The molecule has 130 valence electrons. The van der Waals surface area contributed by atoms with Crippen LogP contribution in [0.5, 0.6) is 5.75 Å². The predicted octanol–water partition coefficient (Wildman–Crippen LogP) is 4.70. The molecular formula is C20H32O3. The minimum absolute atomic E-state index is 0.187. The Morgan fingerprint density at radius 3 is 1.91 bits per heavy atom. The number of aliphatic hydroxyl groups is 1. The Hall–Kier alpha value is -1.35. The summed E-state index contributed by atoms with van der Waals surface area (Å²) in [4.78, 5) is 11.0. The first-order valence-corrected chi connectivity index (χ1v) is 9.04. The summed E-state index contributed by atoms with van der Waals surface area (Å²) in [7, 11) is 0. The molecule has 0 aliphatic carbocycles. The largest absolute Gasteiger partial charge is 0.494 e. The highest BCUT2D eigenvalue weighted by Gasteiger charge is 1.99. The summed E-state index contributed by atoms with van der Waals surface area (Å²) in [5.74, 6) is 1.08. The molecular weight excluding hydrogens is 288 g/mol. The van der Waals surface area contributed by atoms with Gasteiger partial charge in [0.1, 0.15) is 11.5 Å². The maximum absolute atomic E-state index is 11.0. The van der Waals surface area contributed by atoms with E-state index in [0.29, 0.717) is 13.0 Å². The van der Waals surface area contributed by atoms with E-state index in [2.05, 4.69) is 0 Å². The molecule has 0 aromatic heterocycles. The smallest absolute Gasteiger partial charge is 0.134 e. The van der Waals surface area contributed by atoms with Crippen LogP contribution in [-0.2, 0) is 11.2 Å². The van der Waals surface area contributed by atoms with E-state index in [0.717, 1.165) is 37.2 Å². The molecule has 0 fully saturated rings. The number of carbonyl (C=O) groups is 1. The van der Waals surface area contributed by atoms with Crippen molar-refractivity contribution in [3.8, 4) is 5.75 Å². The minimum Gasteiger partial charge on any atom is -0.494 e. The van der Waals surface area contributed by atoms with Crippen LogP contribution in [0.4, 0.5) is 0 Å². The number of rotatable bonds is 14. The quantitative estimate of drug-likeness (QED) is 0.505. The van der Waals surface area contributed by atoms with Gasteiger partial charge in [-0.25, -0.2) is 0 Å². The lowest BCUT2D eigenvalue weighted by Gasteiger charge is -2.07. The number of ether oxygens (including phenoxy) is 1. The van der Waals surface area contributed by atoms with Crippen LogP contribution in [0, 0.1) is 0 Å². The Morgan fingerprint density at radius 1 is 0.870 bits per heavy atom. The van der Waals surface area contributed by atoms with Gasteiger partial charge in [-0.2, -0.15) is 0 Å². The Labute approximate surface area is 141 Å². The second kappa shape index (κ2) is 13.1. The molecule has 0 aliphatic rings. The number of aliphatic hydroxyl groups excluding tert-OH is 1. The van der Waals surface area contributed by atoms with Gasteiger partial charge in [0.05, 0.1) is 6.61 Å². The third-order valence-corrected chi connectivity index (χ3v) is 3.95. The zero-order chi connectivity index (χ0) is 16.8. The molecule has 0 bridgehead atoms. The number of hydrogen-bond donors (Lipinski definition) is 1. The summed E-state index contributed by atoms with van der Waals surface area (Å²) in [5, 5.41) is 8.69. The van der Waals surface area contributed by atoms with E-state index in [1.165, 1.54) is 38.5 Å². The maximum atomic E-state index is 11.0. The van der Waals surface area contributed by atoms with Crippen molar-refractivity contribution in [3.05, 3.63) is 29.8 Å². The summed E-state index contributed by atoms with van der Waals surface area (Å²) in [6, 6.07) is 7.83. The lowest BCUT2D eigenvalue weighted by atomic mass is 10.1. The summed E-state index contributed by atoms with van der Waals surface area (Å²) in [6.45, 7) is 2.71. The second-order valence-corrected chi connectivity index (χ2v) is 6.28. The minimum atomic E-state index is 0.187. The molecule has 0 aliphatic heterocycles. The zero-order valence-corrected chi connectivity index (χ0v) is 14.6. The van der Waals surface area contributed by atoms with Crippen LogP contribution < -0.4 is 4.74 Å². The van der Waals surface area contributed by atoms with Crippen LogP contribution in [0.2, 0.25) is 0 Å². The highest BCUT2D eigenvalue weighted by molar-refractivity contribution is 5.78. The van der Waals surface area contributed by atoms with Gasteiger partial charge in [0.2, 0.25) is 0 Å². The van der Waals surface area contributed by atoms with Crippen molar-refractivity contribution in [2.45, 2.75) is 71.1 Å². The highest BCUT2D eigenvalue weighted by Crippen LogP contribution is 2.14.